The average molecular weight is 520 g/mol. The topological polar surface area (TPSA) is 65.2 Å². The quantitative estimate of drug-likeness (QED) is 0.310. The highest BCUT2D eigenvalue weighted by Crippen LogP contribution is 2.31. The number of hydrogen-bond donors (Lipinski definition) is 0. The zero-order valence-electron chi connectivity index (χ0n) is 20.0. The summed E-state index contributed by atoms with van der Waals surface area (Å²) in [5.74, 6) is 0.982. The van der Waals surface area contributed by atoms with Crippen LogP contribution < -0.4 is 5.56 Å². The van der Waals surface area contributed by atoms with Crippen molar-refractivity contribution < 1.29 is 4.74 Å². The summed E-state index contributed by atoms with van der Waals surface area (Å²) >= 11 is 7.48. The monoisotopic (exact) mass is 519 g/mol. The molecule has 1 aliphatic heterocycles. The Labute approximate surface area is 217 Å². The molecule has 3 aromatic heterocycles. The van der Waals surface area contributed by atoms with Gasteiger partial charge in [-0.25, -0.2) is 9.97 Å². The van der Waals surface area contributed by atoms with Crippen LogP contribution in [0.2, 0.25) is 5.02 Å². The first-order chi connectivity index (χ1) is 17.6. The number of hydrogen-bond acceptors (Lipinski definition) is 6. The van der Waals surface area contributed by atoms with E-state index in [4.69, 9.17) is 21.3 Å². The summed E-state index contributed by atoms with van der Waals surface area (Å²) in [6.07, 6.45) is 2.67. The fourth-order valence-electron chi connectivity index (χ4n) is 4.80. The van der Waals surface area contributed by atoms with Gasteiger partial charge < -0.3 is 9.30 Å². The van der Waals surface area contributed by atoms with Crippen LogP contribution in [-0.2, 0) is 11.3 Å². The van der Waals surface area contributed by atoms with Crippen LogP contribution in [-0.4, -0.2) is 56.9 Å². The largest absolute Gasteiger partial charge is 0.379 e. The molecule has 4 heterocycles. The van der Waals surface area contributed by atoms with Crippen LogP contribution in [0.15, 0.2) is 59.7 Å². The van der Waals surface area contributed by atoms with E-state index in [1.54, 1.807) is 10.9 Å². The van der Waals surface area contributed by atoms with Crippen molar-refractivity contribution >= 4 is 44.2 Å². The molecule has 0 radical (unpaired) electrons. The Morgan fingerprint density at radius 3 is 2.64 bits per heavy atom. The minimum Gasteiger partial charge on any atom is -0.379 e. The van der Waals surface area contributed by atoms with Gasteiger partial charge in [0.1, 0.15) is 16.9 Å². The van der Waals surface area contributed by atoms with E-state index in [-0.39, 0.29) is 5.56 Å². The van der Waals surface area contributed by atoms with E-state index in [0.717, 1.165) is 78.8 Å². The molecule has 9 heteroatoms. The van der Waals surface area contributed by atoms with E-state index in [9.17, 15) is 4.79 Å². The molecule has 5 aromatic rings. The van der Waals surface area contributed by atoms with Crippen molar-refractivity contribution in [3.8, 4) is 16.1 Å². The second-order valence-electron chi connectivity index (χ2n) is 9.04. The number of rotatable bonds is 6. The van der Waals surface area contributed by atoms with Crippen LogP contribution in [0, 0.1) is 6.92 Å². The molecule has 0 spiro atoms. The maximum Gasteiger partial charge on any atom is 0.275 e. The molecular weight excluding hydrogens is 494 g/mol. The van der Waals surface area contributed by atoms with Gasteiger partial charge in [0, 0.05) is 36.1 Å². The fraction of sp³-hybridized carbons (Fsp3) is 0.296. The van der Waals surface area contributed by atoms with E-state index in [0.29, 0.717) is 15.2 Å². The zero-order chi connectivity index (χ0) is 24.6. The van der Waals surface area contributed by atoms with Gasteiger partial charge in [-0.3, -0.25) is 14.3 Å². The third kappa shape index (κ3) is 4.46. The van der Waals surface area contributed by atoms with Crippen LogP contribution in [0.4, 0.5) is 0 Å². The molecule has 2 aromatic carbocycles. The summed E-state index contributed by atoms with van der Waals surface area (Å²) in [6, 6.07) is 15.6. The van der Waals surface area contributed by atoms with E-state index < -0.39 is 0 Å². The molecule has 0 N–H and O–H groups in total. The highest BCUT2D eigenvalue weighted by Gasteiger charge is 2.15. The molecule has 1 fully saturated rings. The third-order valence-corrected chi connectivity index (χ3v) is 8.14. The van der Waals surface area contributed by atoms with Crippen molar-refractivity contribution in [1.29, 1.82) is 0 Å². The van der Waals surface area contributed by atoms with Gasteiger partial charge >= 0.3 is 0 Å². The van der Waals surface area contributed by atoms with Crippen molar-refractivity contribution in [1.82, 2.24) is 24.0 Å². The molecule has 1 aliphatic rings. The summed E-state index contributed by atoms with van der Waals surface area (Å²) < 4.78 is 9.95. The van der Waals surface area contributed by atoms with Crippen LogP contribution in [0.3, 0.4) is 0 Å². The van der Waals surface area contributed by atoms with E-state index >= 15 is 0 Å². The first-order valence-electron chi connectivity index (χ1n) is 12.1. The summed E-state index contributed by atoms with van der Waals surface area (Å²) in [5.41, 5.74) is 4.38. The SMILES string of the molecule is Cc1nc2cc(-n3cnc4cc(-c5ccc(Cl)cc5)sc4c3=O)ccc2n1CCCN1CCOCC1. The normalized spacial score (nSPS) is 14.7. The number of halogens is 1. The number of morpholine rings is 1. The maximum absolute atomic E-state index is 13.4. The van der Waals surface area contributed by atoms with E-state index in [1.165, 1.54) is 11.3 Å². The summed E-state index contributed by atoms with van der Waals surface area (Å²) in [6.45, 7) is 7.67. The number of benzene rings is 2. The Balaban J connectivity index is 1.28. The molecule has 0 unspecified atom stereocenters. The highest BCUT2D eigenvalue weighted by molar-refractivity contribution is 7.22. The summed E-state index contributed by atoms with van der Waals surface area (Å²) in [5, 5.41) is 0.686. The number of imidazole rings is 1. The zero-order valence-corrected chi connectivity index (χ0v) is 21.6. The van der Waals surface area contributed by atoms with Crippen LogP contribution in [0.5, 0.6) is 0 Å². The minimum absolute atomic E-state index is 0.0776. The Kier molecular flexibility index (Phi) is 6.35. The molecule has 0 saturated carbocycles. The van der Waals surface area contributed by atoms with Gasteiger partial charge in [0.25, 0.3) is 5.56 Å². The fourth-order valence-corrected chi connectivity index (χ4v) is 5.97. The van der Waals surface area contributed by atoms with Gasteiger partial charge in [0.15, 0.2) is 0 Å². The predicted octanol–water partition coefficient (Wildman–Crippen LogP) is 5.15. The van der Waals surface area contributed by atoms with Gasteiger partial charge in [0.2, 0.25) is 0 Å². The molecular formula is C27H26ClN5O2S. The Bertz CT molecular complexity index is 1600. The van der Waals surface area contributed by atoms with Gasteiger partial charge in [-0.2, -0.15) is 0 Å². The van der Waals surface area contributed by atoms with Gasteiger partial charge in [-0.05, 0) is 55.3 Å². The van der Waals surface area contributed by atoms with Crippen molar-refractivity contribution in [2.45, 2.75) is 19.9 Å². The number of nitrogens with zero attached hydrogens (tertiary/aromatic N) is 5. The van der Waals surface area contributed by atoms with Crippen LogP contribution >= 0.6 is 22.9 Å². The molecule has 7 nitrogen and oxygen atoms in total. The van der Waals surface area contributed by atoms with Crippen molar-refractivity contribution in [2.24, 2.45) is 0 Å². The predicted molar refractivity (Wildman–Crippen MR) is 146 cm³/mol. The van der Waals surface area contributed by atoms with Gasteiger partial charge in [0.05, 0.1) is 35.5 Å². The molecule has 6 rings (SSSR count). The first-order valence-corrected chi connectivity index (χ1v) is 13.3. The summed E-state index contributed by atoms with van der Waals surface area (Å²) in [7, 11) is 0. The van der Waals surface area contributed by atoms with Crippen molar-refractivity contribution in [2.75, 3.05) is 32.8 Å². The molecule has 0 atom stereocenters. The lowest BCUT2D eigenvalue weighted by molar-refractivity contribution is 0.0369. The van der Waals surface area contributed by atoms with E-state index in [2.05, 4.69) is 20.5 Å². The molecule has 0 bridgehead atoms. The maximum atomic E-state index is 13.4. The Hall–Kier alpha value is -3.04. The number of aryl methyl sites for hydroxylation is 2. The molecule has 0 aliphatic carbocycles. The van der Waals surface area contributed by atoms with Crippen molar-refractivity contribution in [3.63, 3.8) is 0 Å². The van der Waals surface area contributed by atoms with E-state index in [1.807, 2.05) is 49.4 Å². The smallest absolute Gasteiger partial charge is 0.275 e. The molecule has 36 heavy (non-hydrogen) atoms. The Morgan fingerprint density at radius 1 is 1.03 bits per heavy atom. The third-order valence-electron chi connectivity index (χ3n) is 6.73. The second kappa shape index (κ2) is 9.78. The summed E-state index contributed by atoms with van der Waals surface area (Å²) in [4.78, 5) is 26.2. The number of ether oxygens (including phenoxy) is 1. The number of fused-ring (bicyclic) bond motifs is 2. The average Bonchev–Trinajstić information content (AvgIpc) is 3.46. The second-order valence-corrected chi connectivity index (χ2v) is 10.5. The Morgan fingerprint density at radius 2 is 1.83 bits per heavy atom. The minimum atomic E-state index is -0.0776. The molecule has 0 amide bonds. The van der Waals surface area contributed by atoms with Gasteiger partial charge in [-0.1, -0.05) is 23.7 Å². The van der Waals surface area contributed by atoms with Gasteiger partial charge in [-0.15, -0.1) is 11.3 Å². The van der Waals surface area contributed by atoms with Crippen LogP contribution in [0.25, 0.3) is 37.4 Å². The highest BCUT2D eigenvalue weighted by atomic mass is 35.5. The lowest BCUT2D eigenvalue weighted by Crippen LogP contribution is -2.37. The molecule has 184 valence electrons. The lowest BCUT2D eigenvalue weighted by Gasteiger charge is -2.26. The van der Waals surface area contributed by atoms with Crippen LogP contribution in [0.1, 0.15) is 12.2 Å². The number of aromatic nitrogens is 4. The first kappa shape index (κ1) is 23.4. The lowest BCUT2D eigenvalue weighted by atomic mass is 10.2. The standard InChI is InChI=1S/C27H26ClN5O2S/c1-18-30-22-15-21(7-8-24(22)32(18)10-2-9-31-11-13-35-14-12-31)33-17-29-23-16-25(36-26(23)27(33)34)19-3-5-20(28)6-4-19/h3-8,15-17H,2,9-14H2,1H3. The molecule has 1 saturated heterocycles. The van der Waals surface area contributed by atoms with Crippen molar-refractivity contribution in [3.05, 3.63) is 76.1 Å². The number of thiophene rings is 1.